The lowest BCUT2D eigenvalue weighted by Gasteiger charge is -2.21. The SMILES string of the molecule is Cn1nncc1C(=O)N1CCCC1c1nc(Cc2ccc(F)cc2)no1. The molecule has 4 rings (SSSR count). The molecule has 0 bridgehead atoms. The molecule has 0 radical (unpaired) electrons. The van der Waals surface area contributed by atoms with Crippen LogP contribution < -0.4 is 0 Å². The van der Waals surface area contributed by atoms with Gasteiger partial charge in [0.1, 0.15) is 17.6 Å². The minimum atomic E-state index is -0.285. The summed E-state index contributed by atoms with van der Waals surface area (Å²) in [4.78, 5) is 18.9. The average molecular weight is 356 g/mol. The van der Waals surface area contributed by atoms with Gasteiger partial charge in [-0.25, -0.2) is 9.07 Å². The van der Waals surface area contributed by atoms with Crippen molar-refractivity contribution in [3.63, 3.8) is 0 Å². The van der Waals surface area contributed by atoms with Crippen LogP contribution in [-0.4, -0.2) is 42.5 Å². The van der Waals surface area contributed by atoms with Crippen LogP contribution in [0.25, 0.3) is 0 Å². The average Bonchev–Trinajstić information content (AvgIpc) is 3.36. The molecule has 8 nitrogen and oxygen atoms in total. The number of aryl methyl sites for hydroxylation is 1. The van der Waals surface area contributed by atoms with Gasteiger partial charge in [-0.05, 0) is 30.5 Å². The molecule has 1 fully saturated rings. The van der Waals surface area contributed by atoms with Crippen molar-refractivity contribution in [2.45, 2.75) is 25.3 Å². The minimum absolute atomic E-state index is 0.154. The first-order chi connectivity index (χ1) is 12.6. The Morgan fingerprint density at radius 2 is 2.15 bits per heavy atom. The Balaban J connectivity index is 1.52. The number of carbonyl (C=O) groups is 1. The Hall–Kier alpha value is -3.10. The monoisotopic (exact) mass is 356 g/mol. The van der Waals surface area contributed by atoms with E-state index in [1.807, 2.05) is 0 Å². The van der Waals surface area contributed by atoms with Gasteiger partial charge in [0.2, 0.25) is 5.89 Å². The molecule has 0 saturated carbocycles. The van der Waals surface area contributed by atoms with Gasteiger partial charge < -0.3 is 9.42 Å². The molecule has 1 aliphatic rings. The van der Waals surface area contributed by atoms with Crippen molar-refractivity contribution in [2.75, 3.05) is 6.54 Å². The van der Waals surface area contributed by atoms with E-state index in [2.05, 4.69) is 20.5 Å². The smallest absolute Gasteiger partial charge is 0.274 e. The number of amides is 1. The van der Waals surface area contributed by atoms with E-state index < -0.39 is 0 Å². The lowest BCUT2D eigenvalue weighted by atomic mass is 10.1. The van der Waals surface area contributed by atoms with Crippen molar-refractivity contribution < 1.29 is 13.7 Å². The van der Waals surface area contributed by atoms with Gasteiger partial charge >= 0.3 is 0 Å². The summed E-state index contributed by atoms with van der Waals surface area (Å²) in [5.74, 6) is 0.488. The van der Waals surface area contributed by atoms with Gasteiger partial charge in [0.25, 0.3) is 5.91 Å². The minimum Gasteiger partial charge on any atom is -0.337 e. The van der Waals surface area contributed by atoms with Gasteiger partial charge in [0.15, 0.2) is 5.82 Å². The Labute approximate surface area is 148 Å². The van der Waals surface area contributed by atoms with Crippen LogP contribution >= 0.6 is 0 Å². The quantitative estimate of drug-likeness (QED) is 0.709. The van der Waals surface area contributed by atoms with Crippen LogP contribution in [-0.2, 0) is 13.5 Å². The molecule has 0 aliphatic carbocycles. The highest BCUT2D eigenvalue weighted by Crippen LogP contribution is 2.32. The topological polar surface area (TPSA) is 89.9 Å². The Bertz CT molecular complexity index is 919. The molecule has 1 amide bonds. The number of halogens is 1. The van der Waals surface area contributed by atoms with Crippen LogP contribution in [0.5, 0.6) is 0 Å². The van der Waals surface area contributed by atoms with Gasteiger partial charge in [-0.1, -0.05) is 22.5 Å². The third-order valence-electron chi connectivity index (χ3n) is 4.49. The molecule has 1 unspecified atom stereocenters. The summed E-state index contributed by atoms with van der Waals surface area (Å²) in [5, 5.41) is 11.6. The van der Waals surface area contributed by atoms with Crippen LogP contribution in [0.15, 0.2) is 35.0 Å². The fraction of sp³-hybridized carbons (Fsp3) is 0.353. The fourth-order valence-corrected chi connectivity index (χ4v) is 3.16. The zero-order valence-corrected chi connectivity index (χ0v) is 14.2. The number of benzene rings is 1. The van der Waals surface area contributed by atoms with Crippen molar-refractivity contribution in [1.29, 1.82) is 0 Å². The van der Waals surface area contributed by atoms with E-state index in [1.165, 1.54) is 23.0 Å². The van der Waals surface area contributed by atoms with E-state index in [4.69, 9.17) is 4.52 Å². The maximum atomic E-state index is 13.0. The van der Waals surface area contributed by atoms with E-state index in [1.54, 1.807) is 24.1 Å². The zero-order chi connectivity index (χ0) is 18.1. The normalized spacial score (nSPS) is 17.0. The first kappa shape index (κ1) is 16.4. The Morgan fingerprint density at radius 1 is 1.35 bits per heavy atom. The lowest BCUT2D eigenvalue weighted by molar-refractivity contribution is 0.0699. The van der Waals surface area contributed by atoms with Crippen LogP contribution in [0.4, 0.5) is 4.39 Å². The second-order valence-corrected chi connectivity index (χ2v) is 6.25. The fourth-order valence-electron chi connectivity index (χ4n) is 3.16. The second kappa shape index (κ2) is 6.66. The number of rotatable bonds is 4. The molecule has 26 heavy (non-hydrogen) atoms. The molecule has 3 heterocycles. The zero-order valence-electron chi connectivity index (χ0n) is 14.2. The molecule has 2 aromatic heterocycles. The van der Waals surface area contributed by atoms with Crippen LogP contribution in [0.3, 0.4) is 0 Å². The first-order valence-corrected chi connectivity index (χ1v) is 8.34. The molecule has 0 spiro atoms. The summed E-state index contributed by atoms with van der Waals surface area (Å²) in [7, 11) is 1.68. The van der Waals surface area contributed by atoms with Gasteiger partial charge in [0.05, 0.1) is 6.20 Å². The summed E-state index contributed by atoms with van der Waals surface area (Å²) in [6, 6.07) is 5.91. The lowest BCUT2D eigenvalue weighted by Crippen LogP contribution is -2.32. The number of nitrogens with zero attached hydrogens (tertiary/aromatic N) is 6. The van der Waals surface area contributed by atoms with Gasteiger partial charge in [-0.2, -0.15) is 4.98 Å². The molecule has 1 atom stereocenters. The highest BCUT2D eigenvalue weighted by molar-refractivity contribution is 5.92. The number of aromatic nitrogens is 5. The van der Waals surface area contributed by atoms with Crippen molar-refractivity contribution in [3.8, 4) is 0 Å². The standard InChI is InChI=1S/C17H17FN6O2/c1-23-14(10-19-22-23)17(25)24-8-2-3-13(24)16-20-15(21-26-16)9-11-4-6-12(18)7-5-11/h4-7,10,13H,2-3,8-9H2,1H3. The van der Waals surface area contributed by atoms with E-state index in [-0.39, 0.29) is 17.8 Å². The molecule has 1 saturated heterocycles. The van der Waals surface area contributed by atoms with Crippen LogP contribution in [0, 0.1) is 5.82 Å². The summed E-state index contributed by atoms with van der Waals surface area (Å²) in [6.45, 7) is 0.615. The van der Waals surface area contributed by atoms with E-state index in [0.717, 1.165) is 18.4 Å². The maximum absolute atomic E-state index is 13.0. The van der Waals surface area contributed by atoms with Crippen molar-refractivity contribution in [1.82, 2.24) is 30.0 Å². The predicted octanol–water partition coefficient (Wildman–Crippen LogP) is 1.91. The summed E-state index contributed by atoms with van der Waals surface area (Å²) in [5.41, 5.74) is 1.31. The Kier molecular flexibility index (Phi) is 4.19. The summed E-state index contributed by atoms with van der Waals surface area (Å²) < 4.78 is 19.9. The van der Waals surface area contributed by atoms with Crippen LogP contribution in [0.2, 0.25) is 0 Å². The predicted molar refractivity (Wildman–Crippen MR) is 87.5 cm³/mol. The molecule has 1 aromatic carbocycles. The maximum Gasteiger partial charge on any atom is 0.274 e. The van der Waals surface area contributed by atoms with Crippen molar-refractivity contribution in [2.24, 2.45) is 7.05 Å². The largest absolute Gasteiger partial charge is 0.337 e. The highest BCUT2D eigenvalue weighted by Gasteiger charge is 2.35. The molecule has 134 valence electrons. The van der Waals surface area contributed by atoms with Gasteiger partial charge in [-0.15, -0.1) is 5.10 Å². The molecule has 1 aliphatic heterocycles. The van der Waals surface area contributed by atoms with E-state index in [0.29, 0.717) is 30.4 Å². The second-order valence-electron chi connectivity index (χ2n) is 6.25. The first-order valence-electron chi connectivity index (χ1n) is 8.34. The molecule has 0 N–H and O–H groups in total. The molecule has 3 aromatic rings. The van der Waals surface area contributed by atoms with E-state index >= 15 is 0 Å². The number of hydrogen-bond donors (Lipinski definition) is 0. The third kappa shape index (κ3) is 3.07. The Morgan fingerprint density at radius 3 is 2.88 bits per heavy atom. The molecular weight excluding hydrogens is 339 g/mol. The van der Waals surface area contributed by atoms with Crippen molar-refractivity contribution >= 4 is 5.91 Å². The van der Waals surface area contributed by atoms with Gasteiger partial charge in [0, 0.05) is 20.0 Å². The third-order valence-corrected chi connectivity index (χ3v) is 4.49. The van der Waals surface area contributed by atoms with Gasteiger partial charge in [-0.3, -0.25) is 4.79 Å². The summed E-state index contributed by atoms with van der Waals surface area (Å²) in [6.07, 6.45) is 3.51. The molecular formula is C17H17FN6O2. The van der Waals surface area contributed by atoms with Crippen LogP contribution in [0.1, 0.15) is 46.7 Å². The molecule has 9 heteroatoms. The van der Waals surface area contributed by atoms with Crippen molar-refractivity contribution in [3.05, 3.63) is 59.3 Å². The number of likely N-dealkylation sites (tertiary alicyclic amines) is 1. The highest BCUT2D eigenvalue weighted by atomic mass is 19.1. The van der Waals surface area contributed by atoms with E-state index in [9.17, 15) is 9.18 Å². The summed E-state index contributed by atoms with van der Waals surface area (Å²) >= 11 is 0. The number of carbonyl (C=O) groups excluding carboxylic acids is 1. The number of hydrogen-bond acceptors (Lipinski definition) is 6.